The summed E-state index contributed by atoms with van der Waals surface area (Å²) in [5, 5.41) is 6.42. The predicted octanol–water partition coefficient (Wildman–Crippen LogP) is 3.24. The average Bonchev–Trinajstić information content (AvgIpc) is 2.33. The third kappa shape index (κ3) is 9.46. The SMILES string of the molecule is CCCCC(CCC)NCC(=O)NC(C)CCC. The van der Waals surface area contributed by atoms with E-state index in [0.717, 1.165) is 19.3 Å². The van der Waals surface area contributed by atoms with Crippen molar-refractivity contribution in [2.75, 3.05) is 6.54 Å². The molecule has 3 nitrogen and oxygen atoms in total. The second kappa shape index (κ2) is 11.5. The van der Waals surface area contributed by atoms with E-state index in [1.54, 1.807) is 0 Å². The minimum Gasteiger partial charge on any atom is -0.353 e. The van der Waals surface area contributed by atoms with Crippen molar-refractivity contribution in [3.8, 4) is 0 Å². The highest BCUT2D eigenvalue weighted by atomic mass is 16.1. The Morgan fingerprint density at radius 3 is 2.22 bits per heavy atom. The first kappa shape index (κ1) is 17.4. The van der Waals surface area contributed by atoms with Gasteiger partial charge in [-0.05, 0) is 26.2 Å². The van der Waals surface area contributed by atoms with Crippen LogP contribution in [0.15, 0.2) is 0 Å². The first-order valence-corrected chi connectivity index (χ1v) is 7.66. The van der Waals surface area contributed by atoms with Gasteiger partial charge in [-0.3, -0.25) is 4.79 Å². The molecule has 0 aromatic rings. The van der Waals surface area contributed by atoms with Crippen LogP contribution in [0.2, 0.25) is 0 Å². The Hall–Kier alpha value is -0.570. The Morgan fingerprint density at radius 1 is 1.00 bits per heavy atom. The molecule has 18 heavy (non-hydrogen) atoms. The zero-order valence-corrected chi connectivity index (χ0v) is 12.7. The minimum absolute atomic E-state index is 0.133. The topological polar surface area (TPSA) is 41.1 Å². The number of hydrogen-bond donors (Lipinski definition) is 2. The number of carbonyl (C=O) groups is 1. The maximum absolute atomic E-state index is 11.7. The summed E-state index contributed by atoms with van der Waals surface area (Å²) in [6.45, 7) is 9.08. The van der Waals surface area contributed by atoms with Crippen LogP contribution in [0.5, 0.6) is 0 Å². The maximum Gasteiger partial charge on any atom is 0.234 e. The van der Waals surface area contributed by atoms with E-state index in [2.05, 4.69) is 38.3 Å². The van der Waals surface area contributed by atoms with Crippen LogP contribution in [0.25, 0.3) is 0 Å². The smallest absolute Gasteiger partial charge is 0.234 e. The largest absolute Gasteiger partial charge is 0.353 e. The van der Waals surface area contributed by atoms with Gasteiger partial charge in [0.25, 0.3) is 0 Å². The molecule has 0 heterocycles. The van der Waals surface area contributed by atoms with E-state index < -0.39 is 0 Å². The van der Waals surface area contributed by atoms with Crippen LogP contribution < -0.4 is 10.6 Å². The summed E-state index contributed by atoms with van der Waals surface area (Å²) >= 11 is 0. The number of nitrogens with one attached hydrogen (secondary N) is 2. The van der Waals surface area contributed by atoms with Crippen LogP contribution in [0.4, 0.5) is 0 Å². The Bertz CT molecular complexity index is 207. The molecule has 2 unspecified atom stereocenters. The fourth-order valence-corrected chi connectivity index (χ4v) is 2.22. The molecule has 0 aliphatic rings. The lowest BCUT2D eigenvalue weighted by molar-refractivity contribution is -0.121. The highest BCUT2D eigenvalue weighted by Gasteiger charge is 2.10. The predicted molar refractivity (Wildman–Crippen MR) is 78.7 cm³/mol. The summed E-state index contributed by atoms with van der Waals surface area (Å²) in [5.41, 5.74) is 0. The summed E-state index contributed by atoms with van der Waals surface area (Å²) in [6, 6.07) is 0.798. The Labute approximate surface area is 113 Å². The molecule has 0 bridgehead atoms. The van der Waals surface area contributed by atoms with E-state index >= 15 is 0 Å². The van der Waals surface area contributed by atoms with Crippen LogP contribution in [0.3, 0.4) is 0 Å². The molecule has 0 saturated carbocycles. The molecule has 0 aromatic carbocycles. The van der Waals surface area contributed by atoms with Crippen molar-refractivity contribution >= 4 is 5.91 Å². The number of carbonyl (C=O) groups excluding carboxylic acids is 1. The fourth-order valence-electron chi connectivity index (χ4n) is 2.22. The molecular weight excluding hydrogens is 224 g/mol. The van der Waals surface area contributed by atoms with Gasteiger partial charge in [0, 0.05) is 12.1 Å². The standard InChI is InChI=1S/C15H32N2O/c1-5-8-11-14(10-7-3)16-12-15(18)17-13(4)9-6-2/h13-14,16H,5-12H2,1-4H3,(H,17,18). The van der Waals surface area contributed by atoms with Crippen LogP contribution in [-0.2, 0) is 4.79 Å². The Morgan fingerprint density at radius 2 is 1.67 bits per heavy atom. The van der Waals surface area contributed by atoms with Gasteiger partial charge in [0.2, 0.25) is 5.91 Å². The molecule has 0 radical (unpaired) electrons. The maximum atomic E-state index is 11.7. The first-order chi connectivity index (χ1) is 8.63. The third-order valence-corrected chi connectivity index (χ3v) is 3.22. The van der Waals surface area contributed by atoms with Crippen molar-refractivity contribution in [2.24, 2.45) is 0 Å². The average molecular weight is 256 g/mol. The summed E-state index contributed by atoms with van der Waals surface area (Å²) < 4.78 is 0. The quantitative estimate of drug-likeness (QED) is 0.596. The summed E-state index contributed by atoms with van der Waals surface area (Å²) in [7, 11) is 0. The first-order valence-electron chi connectivity index (χ1n) is 7.66. The second-order valence-electron chi connectivity index (χ2n) is 5.27. The Kier molecular flexibility index (Phi) is 11.2. The van der Waals surface area contributed by atoms with Gasteiger partial charge in [0.05, 0.1) is 6.54 Å². The van der Waals surface area contributed by atoms with Crippen LogP contribution in [0.1, 0.15) is 72.6 Å². The molecule has 0 fully saturated rings. The van der Waals surface area contributed by atoms with Gasteiger partial charge in [-0.15, -0.1) is 0 Å². The molecule has 0 aromatic heterocycles. The second-order valence-corrected chi connectivity index (χ2v) is 5.27. The fraction of sp³-hybridized carbons (Fsp3) is 0.933. The van der Waals surface area contributed by atoms with Crippen LogP contribution in [-0.4, -0.2) is 24.5 Å². The number of unbranched alkanes of at least 4 members (excludes halogenated alkanes) is 1. The molecule has 0 aliphatic carbocycles. The van der Waals surface area contributed by atoms with Crippen LogP contribution >= 0.6 is 0 Å². The molecule has 2 atom stereocenters. The molecule has 0 aliphatic heterocycles. The van der Waals surface area contributed by atoms with Crippen molar-refractivity contribution in [1.82, 2.24) is 10.6 Å². The van der Waals surface area contributed by atoms with Gasteiger partial charge < -0.3 is 10.6 Å². The number of hydrogen-bond acceptors (Lipinski definition) is 2. The molecular formula is C15H32N2O. The highest BCUT2D eigenvalue weighted by Crippen LogP contribution is 2.06. The highest BCUT2D eigenvalue weighted by molar-refractivity contribution is 5.78. The van der Waals surface area contributed by atoms with Gasteiger partial charge in [0.1, 0.15) is 0 Å². The van der Waals surface area contributed by atoms with Crippen molar-refractivity contribution < 1.29 is 4.79 Å². The molecule has 108 valence electrons. The normalized spacial score (nSPS) is 14.2. The van der Waals surface area contributed by atoms with Crippen molar-refractivity contribution in [3.63, 3.8) is 0 Å². The van der Waals surface area contributed by atoms with Gasteiger partial charge >= 0.3 is 0 Å². The van der Waals surface area contributed by atoms with E-state index in [1.165, 1.54) is 25.7 Å². The summed E-state index contributed by atoms with van der Waals surface area (Å²) in [5.74, 6) is 0.133. The van der Waals surface area contributed by atoms with Gasteiger partial charge in [-0.1, -0.05) is 46.5 Å². The van der Waals surface area contributed by atoms with Crippen molar-refractivity contribution in [1.29, 1.82) is 0 Å². The van der Waals surface area contributed by atoms with Gasteiger partial charge in [0.15, 0.2) is 0 Å². The molecule has 0 saturated heterocycles. The molecule has 3 heteroatoms. The molecule has 0 spiro atoms. The minimum atomic E-state index is 0.133. The van der Waals surface area contributed by atoms with E-state index in [9.17, 15) is 4.79 Å². The van der Waals surface area contributed by atoms with E-state index in [4.69, 9.17) is 0 Å². The summed E-state index contributed by atoms with van der Waals surface area (Å²) in [4.78, 5) is 11.7. The van der Waals surface area contributed by atoms with E-state index in [0.29, 0.717) is 18.6 Å². The number of amides is 1. The van der Waals surface area contributed by atoms with E-state index in [1.807, 2.05) is 0 Å². The van der Waals surface area contributed by atoms with Gasteiger partial charge in [-0.2, -0.15) is 0 Å². The zero-order chi connectivity index (χ0) is 13.8. The Balaban J connectivity index is 3.83. The third-order valence-electron chi connectivity index (χ3n) is 3.22. The summed E-state index contributed by atoms with van der Waals surface area (Å²) in [6.07, 6.45) is 8.16. The zero-order valence-electron chi connectivity index (χ0n) is 12.7. The van der Waals surface area contributed by atoms with Crippen molar-refractivity contribution in [2.45, 2.75) is 84.7 Å². The molecule has 1 amide bonds. The lowest BCUT2D eigenvalue weighted by Crippen LogP contribution is -2.42. The van der Waals surface area contributed by atoms with Crippen molar-refractivity contribution in [3.05, 3.63) is 0 Å². The molecule has 2 N–H and O–H groups in total. The number of rotatable bonds is 11. The monoisotopic (exact) mass is 256 g/mol. The lowest BCUT2D eigenvalue weighted by atomic mass is 10.1. The van der Waals surface area contributed by atoms with Crippen LogP contribution in [0, 0.1) is 0 Å². The van der Waals surface area contributed by atoms with Gasteiger partial charge in [-0.25, -0.2) is 0 Å². The molecule has 0 rings (SSSR count). The lowest BCUT2D eigenvalue weighted by Gasteiger charge is -2.19. The van der Waals surface area contributed by atoms with E-state index in [-0.39, 0.29) is 5.91 Å².